The fraction of sp³-hybridized carbons (Fsp3) is 0.400. The molecule has 3 rings (SSSR count). The van der Waals surface area contributed by atoms with Crippen LogP contribution < -0.4 is 11.5 Å². The number of nitriles is 1. The van der Waals surface area contributed by atoms with Gasteiger partial charge in [0.15, 0.2) is 5.78 Å². The van der Waals surface area contributed by atoms with Gasteiger partial charge in [-0.3, -0.25) is 9.59 Å². The standard InChI is InChI=1S/C20H21BrN4O2S/c21-13-6-4-12(5-7-13)15(26)11-28-19-16(18(24)27)20(8-2-1-3-9-20)14(10-22)17(23)25-19/h4-7,16H,1-3,8-9,11,23H2,(H2,24,27). The van der Waals surface area contributed by atoms with Crippen molar-refractivity contribution in [2.24, 2.45) is 27.8 Å². The molecule has 1 aromatic rings. The van der Waals surface area contributed by atoms with Crippen LogP contribution in [0.2, 0.25) is 0 Å². The molecule has 0 bridgehead atoms. The first-order chi connectivity index (χ1) is 13.4. The molecule has 1 aliphatic carbocycles. The molecule has 4 N–H and O–H groups in total. The quantitative estimate of drug-likeness (QED) is 0.665. The van der Waals surface area contributed by atoms with Crippen molar-refractivity contribution < 1.29 is 9.59 Å². The molecule has 0 aromatic heterocycles. The number of hydrogen-bond acceptors (Lipinski definition) is 6. The third-order valence-corrected chi connectivity index (χ3v) is 7.00. The fourth-order valence-electron chi connectivity index (χ4n) is 4.13. The van der Waals surface area contributed by atoms with E-state index >= 15 is 0 Å². The molecule has 146 valence electrons. The van der Waals surface area contributed by atoms with Crippen LogP contribution in [0, 0.1) is 22.7 Å². The summed E-state index contributed by atoms with van der Waals surface area (Å²) in [7, 11) is 0. The third-order valence-electron chi connectivity index (χ3n) is 5.44. The van der Waals surface area contributed by atoms with Crippen LogP contribution in [0.1, 0.15) is 42.5 Å². The van der Waals surface area contributed by atoms with Gasteiger partial charge < -0.3 is 11.5 Å². The highest BCUT2D eigenvalue weighted by Gasteiger charge is 2.51. The van der Waals surface area contributed by atoms with Crippen LogP contribution >= 0.6 is 27.7 Å². The number of carbonyl (C=O) groups excluding carboxylic acids is 2. The van der Waals surface area contributed by atoms with E-state index in [4.69, 9.17) is 11.5 Å². The molecule has 6 nitrogen and oxygen atoms in total. The zero-order valence-electron chi connectivity index (χ0n) is 15.3. The van der Waals surface area contributed by atoms with E-state index < -0.39 is 17.2 Å². The summed E-state index contributed by atoms with van der Waals surface area (Å²) in [5.41, 5.74) is 12.1. The summed E-state index contributed by atoms with van der Waals surface area (Å²) in [6.45, 7) is 0. The van der Waals surface area contributed by atoms with Crippen LogP contribution in [-0.2, 0) is 4.79 Å². The number of thioether (sulfide) groups is 1. The van der Waals surface area contributed by atoms with Crippen LogP contribution in [0.4, 0.5) is 0 Å². The Balaban J connectivity index is 1.89. The summed E-state index contributed by atoms with van der Waals surface area (Å²) in [6.07, 6.45) is 4.19. The van der Waals surface area contributed by atoms with E-state index in [0.29, 0.717) is 29.0 Å². The van der Waals surface area contributed by atoms with Crippen LogP contribution in [0.3, 0.4) is 0 Å². The minimum atomic E-state index is -0.725. The molecular formula is C20H21BrN4O2S. The SMILES string of the molecule is N#CC1=C(N)N=C(SCC(=O)c2ccc(Br)cc2)C(C(N)=O)C12CCCCC2. The summed E-state index contributed by atoms with van der Waals surface area (Å²) in [4.78, 5) is 29.3. The molecule has 1 unspecified atom stereocenters. The lowest BCUT2D eigenvalue weighted by Gasteiger charge is -2.44. The largest absolute Gasteiger partial charge is 0.383 e. The van der Waals surface area contributed by atoms with Crippen LogP contribution in [0.25, 0.3) is 0 Å². The third kappa shape index (κ3) is 3.87. The van der Waals surface area contributed by atoms with E-state index in [9.17, 15) is 14.9 Å². The van der Waals surface area contributed by atoms with Crippen molar-refractivity contribution in [2.75, 3.05) is 5.75 Å². The molecule has 0 radical (unpaired) electrons. The van der Waals surface area contributed by atoms with E-state index in [1.807, 2.05) is 0 Å². The number of hydrogen-bond donors (Lipinski definition) is 2. The molecule has 0 saturated heterocycles. The Kier molecular flexibility index (Phi) is 6.26. The highest BCUT2D eigenvalue weighted by Crippen LogP contribution is 2.52. The van der Waals surface area contributed by atoms with E-state index in [-0.39, 0.29) is 17.4 Å². The average molecular weight is 461 g/mol. The first kappa shape index (κ1) is 20.6. The number of allylic oxidation sites excluding steroid dienone is 1. The Morgan fingerprint density at radius 2 is 1.89 bits per heavy atom. The monoisotopic (exact) mass is 460 g/mol. The number of carbonyl (C=O) groups is 2. The van der Waals surface area contributed by atoms with E-state index in [1.54, 1.807) is 24.3 Å². The number of halogens is 1. The molecule has 1 amide bonds. The fourth-order valence-corrected chi connectivity index (χ4v) is 5.51. The Bertz CT molecular complexity index is 896. The smallest absolute Gasteiger partial charge is 0.228 e. The maximum Gasteiger partial charge on any atom is 0.228 e. The summed E-state index contributed by atoms with van der Waals surface area (Å²) >= 11 is 4.54. The molecule has 1 atom stereocenters. The molecular weight excluding hydrogens is 440 g/mol. The number of aliphatic imine (C=N–C) groups is 1. The van der Waals surface area contributed by atoms with Crippen molar-refractivity contribution in [3.05, 3.63) is 45.7 Å². The van der Waals surface area contributed by atoms with Crippen molar-refractivity contribution in [1.29, 1.82) is 5.26 Å². The lowest BCUT2D eigenvalue weighted by atomic mass is 9.61. The zero-order valence-corrected chi connectivity index (χ0v) is 17.7. The number of rotatable bonds is 4. The van der Waals surface area contributed by atoms with Gasteiger partial charge in [0, 0.05) is 15.5 Å². The summed E-state index contributed by atoms with van der Waals surface area (Å²) in [6, 6.07) is 9.27. The van der Waals surface area contributed by atoms with Gasteiger partial charge in [-0.2, -0.15) is 5.26 Å². The second-order valence-corrected chi connectivity index (χ2v) is 9.00. The van der Waals surface area contributed by atoms with E-state index in [2.05, 4.69) is 27.0 Å². The molecule has 1 heterocycles. The Hall–Kier alpha value is -2.11. The van der Waals surface area contributed by atoms with Crippen molar-refractivity contribution in [1.82, 2.24) is 0 Å². The van der Waals surface area contributed by atoms with Gasteiger partial charge in [0.2, 0.25) is 5.91 Å². The minimum Gasteiger partial charge on any atom is -0.383 e. The first-order valence-electron chi connectivity index (χ1n) is 9.09. The zero-order chi connectivity index (χ0) is 20.3. The number of primary amides is 1. The molecule has 2 aliphatic rings. The lowest BCUT2D eigenvalue weighted by molar-refractivity contribution is -0.123. The molecule has 1 spiro atoms. The van der Waals surface area contributed by atoms with E-state index in [0.717, 1.165) is 23.7 Å². The molecule has 28 heavy (non-hydrogen) atoms. The summed E-state index contributed by atoms with van der Waals surface area (Å²) < 4.78 is 0.892. The molecule has 1 aromatic carbocycles. The van der Waals surface area contributed by atoms with Gasteiger partial charge in [-0.25, -0.2) is 4.99 Å². The average Bonchev–Trinajstić information content (AvgIpc) is 2.67. The maximum atomic E-state index is 12.5. The van der Waals surface area contributed by atoms with Gasteiger partial charge in [-0.1, -0.05) is 47.3 Å². The van der Waals surface area contributed by atoms with Gasteiger partial charge >= 0.3 is 0 Å². The van der Waals surface area contributed by atoms with Gasteiger partial charge in [0.05, 0.1) is 28.4 Å². The van der Waals surface area contributed by atoms with Gasteiger partial charge in [-0.15, -0.1) is 11.8 Å². The Labute approximate surface area is 176 Å². The Morgan fingerprint density at radius 3 is 2.46 bits per heavy atom. The Morgan fingerprint density at radius 1 is 1.25 bits per heavy atom. The highest BCUT2D eigenvalue weighted by molar-refractivity contribution is 9.10. The summed E-state index contributed by atoms with van der Waals surface area (Å²) in [5.74, 6) is -1.06. The van der Waals surface area contributed by atoms with Crippen molar-refractivity contribution in [2.45, 2.75) is 32.1 Å². The topological polar surface area (TPSA) is 122 Å². The normalized spacial score (nSPS) is 21.1. The summed E-state index contributed by atoms with van der Waals surface area (Å²) in [5, 5.41) is 10.1. The van der Waals surface area contributed by atoms with Crippen molar-refractivity contribution in [3.63, 3.8) is 0 Å². The minimum absolute atomic E-state index is 0.0743. The van der Waals surface area contributed by atoms with Gasteiger partial charge in [0.1, 0.15) is 5.82 Å². The second kappa shape index (κ2) is 8.50. The van der Waals surface area contributed by atoms with Crippen molar-refractivity contribution in [3.8, 4) is 6.07 Å². The number of ketones is 1. The lowest BCUT2D eigenvalue weighted by Crippen LogP contribution is -2.48. The molecule has 8 heteroatoms. The number of amides is 1. The predicted octanol–water partition coefficient (Wildman–Crippen LogP) is 3.52. The van der Waals surface area contributed by atoms with E-state index in [1.165, 1.54) is 11.8 Å². The number of nitrogens with two attached hydrogens (primary N) is 2. The molecule has 1 saturated carbocycles. The second-order valence-electron chi connectivity index (χ2n) is 7.09. The maximum absolute atomic E-state index is 12.5. The van der Waals surface area contributed by atoms with Gasteiger partial charge in [-0.05, 0) is 25.0 Å². The molecule has 1 fully saturated rings. The first-order valence-corrected chi connectivity index (χ1v) is 10.9. The van der Waals surface area contributed by atoms with Crippen LogP contribution in [0.15, 0.2) is 45.1 Å². The highest BCUT2D eigenvalue weighted by atomic mass is 79.9. The number of nitrogens with zero attached hydrogens (tertiary/aromatic N) is 2. The predicted molar refractivity (Wildman–Crippen MR) is 113 cm³/mol. The molecule has 1 aliphatic heterocycles. The van der Waals surface area contributed by atoms with Crippen LogP contribution in [0.5, 0.6) is 0 Å². The van der Waals surface area contributed by atoms with Crippen LogP contribution in [-0.4, -0.2) is 22.5 Å². The van der Waals surface area contributed by atoms with Gasteiger partial charge in [0.25, 0.3) is 0 Å². The number of benzene rings is 1. The van der Waals surface area contributed by atoms with Crippen molar-refractivity contribution >= 4 is 44.4 Å². The number of Topliss-reactive ketones (excluding diaryl/α,β-unsaturated/α-hetero) is 1.